The number of carbonyl (C=O) groups is 1. The highest BCUT2D eigenvalue weighted by Gasteiger charge is 2.45. The number of fused-ring (bicyclic) bond motifs is 1. The summed E-state index contributed by atoms with van der Waals surface area (Å²) in [7, 11) is 0. The van der Waals surface area contributed by atoms with E-state index < -0.39 is 47.5 Å². The number of ether oxygens (including phenoxy) is 2. The smallest absolute Gasteiger partial charge is 0.303 e. The first kappa shape index (κ1) is 23.4. The maximum Gasteiger partial charge on any atom is 0.303 e. The van der Waals surface area contributed by atoms with E-state index in [1.54, 1.807) is 6.92 Å². The second kappa shape index (κ2) is 8.88. The number of phenols is 3. The molecule has 0 bridgehead atoms. The Morgan fingerprint density at radius 2 is 1.71 bits per heavy atom. The van der Waals surface area contributed by atoms with E-state index in [-0.39, 0.29) is 40.4 Å². The van der Waals surface area contributed by atoms with Crippen molar-refractivity contribution >= 4 is 16.9 Å². The van der Waals surface area contributed by atoms with Crippen molar-refractivity contribution in [3.05, 3.63) is 46.6 Å². The number of aliphatic hydroxyl groups excluding tert-OH is 2. The molecular weight excluding hydrogens is 448 g/mol. The molecule has 4 rings (SSSR count). The van der Waals surface area contributed by atoms with Crippen LogP contribution in [0.4, 0.5) is 0 Å². The standard InChI is InChI=1S/C24H24O10/c1-10-7-17(19(29)21(31)22(10)32-11(2)25)34-24-20(30)18-15(28)8-14(27)9-16(18)33-23(24)12-3-5-13(26)6-4-12/h3-6,8-10,17,19,21-22,26-29,31H,7H2,1-2H3/t10-,17-,19+,21+,22+/m0/s1. The molecule has 2 aromatic carbocycles. The summed E-state index contributed by atoms with van der Waals surface area (Å²) in [6, 6.07) is 7.83. The average molecular weight is 472 g/mol. The Morgan fingerprint density at radius 3 is 2.35 bits per heavy atom. The van der Waals surface area contributed by atoms with E-state index in [9.17, 15) is 35.1 Å². The predicted molar refractivity (Wildman–Crippen MR) is 119 cm³/mol. The van der Waals surface area contributed by atoms with E-state index in [0.29, 0.717) is 5.56 Å². The third kappa shape index (κ3) is 4.25. The first-order chi connectivity index (χ1) is 16.1. The molecule has 5 atom stereocenters. The van der Waals surface area contributed by atoms with Gasteiger partial charge in [0.2, 0.25) is 11.2 Å². The van der Waals surface area contributed by atoms with Gasteiger partial charge in [-0.25, -0.2) is 0 Å². The van der Waals surface area contributed by atoms with Gasteiger partial charge in [-0.1, -0.05) is 6.92 Å². The Morgan fingerprint density at radius 1 is 1.03 bits per heavy atom. The lowest BCUT2D eigenvalue weighted by atomic mass is 9.81. The zero-order valence-corrected chi connectivity index (χ0v) is 18.3. The third-order valence-electron chi connectivity index (χ3n) is 5.85. The van der Waals surface area contributed by atoms with Crippen molar-refractivity contribution in [1.82, 2.24) is 0 Å². The molecule has 0 spiro atoms. The molecule has 10 nitrogen and oxygen atoms in total. The molecule has 0 unspecified atom stereocenters. The quantitative estimate of drug-likeness (QED) is 0.354. The highest BCUT2D eigenvalue weighted by atomic mass is 16.6. The minimum absolute atomic E-state index is 0.0270. The molecular formula is C24H24O10. The zero-order valence-electron chi connectivity index (χ0n) is 18.3. The van der Waals surface area contributed by atoms with Crippen LogP contribution < -0.4 is 10.2 Å². The van der Waals surface area contributed by atoms with E-state index in [1.807, 2.05) is 0 Å². The number of phenolic OH excluding ortho intramolecular Hbond substituents is 3. The Hall–Kier alpha value is -3.76. The van der Waals surface area contributed by atoms with Crippen LogP contribution in [0.25, 0.3) is 22.3 Å². The molecule has 3 aromatic rings. The normalized spacial score (nSPS) is 24.6. The highest BCUT2D eigenvalue weighted by Crippen LogP contribution is 2.38. The summed E-state index contributed by atoms with van der Waals surface area (Å²) < 4.78 is 16.9. The molecule has 180 valence electrons. The molecule has 0 aliphatic heterocycles. The number of aromatic hydroxyl groups is 3. The maximum absolute atomic E-state index is 13.4. The van der Waals surface area contributed by atoms with Crippen LogP contribution in [0.3, 0.4) is 0 Å². The fourth-order valence-corrected chi connectivity index (χ4v) is 4.22. The number of carbonyl (C=O) groups excluding carboxylic acids is 1. The van der Waals surface area contributed by atoms with Crippen LogP contribution in [0.2, 0.25) is 0 Å². The van der Waals surface area contributed by atoms with Gasteiger partial charge in [-0.3, -0.25) is 9.59 Å². The third-order valence-corrected chi connectivity index (χ3v) is 5.85. The first-order valence-corrected chi connectivity index (χ1v) is 10.6. The van der Waals surface area contributed by atoms with Gasteiger partial charge in [-0.2, -0.15) is 0 Å². The molecule has 1 aromatic heterocycles. The molecule has 1 aliphatic carbocycles. The lowest BCUT2D eigenvalue weighted by Gasteiger charge is -2.40. The topological polar surface area (TPSA) is 167 Å². The van der Waals surface area contributed by atoms with Crippen molar-refractivity contribution in [3.8, 4) is 34.3 Å². The number of benzene rings is 2. The molecule has 0 radical (unpaired) electrons. The number of rotatable bonds is 4. The van der Waals surface area contributed by atoms with Crippen LogP contribution in [-0.2, 0) is 9.53 Å². The Kier molecular flexibility index (Phi) is 6.11. The molecule has 10 heteroatoms. The largest absolute Gasteiger partial charge is 0.508 e. The van der Waals surface area contributed by atoms with Crippen molar-refractivity contribution < 1.29 is 44.2 Å². The van der Waals surface area contributed by atoms with Gasteiger partial charge in [0.05, 0.1) is 0 Å². The highest BCUT2D eigenvalue weighted by molar-refractivity contribution is 5.88. The van der Waals surface area contributed by atoms with Gasteiger partial charge in [0.15, 0.2) is 5.76 Å². The summed E-state index contributed by atoms with van der Waals surface area (Å²) in [6.45, 7) is 2.90. The summed E-state index contributed by atoms with van der Waals surface area (Å²) in [6.07, 6.45) is -4.87. The van der Waals surface area contributed by atoms with E-state index in [2.05, 4.69) is 0 Å². The van der Waals surface area contributed by atoms with Gasteiger partial charge in [0.25, 0.3) is 0 Å². The lowest BCUT2D eigenvalue weighted by molar-refractivity contribution is -0.182. The van der Waals surface area contributed by atoms with E-state index in [0.717, 1.165) is 12.1 Å². The Labute approximate surface area is 193 Å². The molecule has 1 heterocycles. The van der Waals surface area contributed by atoms with Crippen molar-refractivity contribution in [2.75, 3.05) is 0 Å². The molecule has 1 aliphatic rings. The van der Waals surface area contributed by atoms with Gasteiger partial charge in [0, 0.05) is 24.6 Å². The van der Waals surface area contributed by atoms with Crippen molar-refractivity contribution in [2.45, 2.75) is 44.7 Å². The fraction of sp³-hybridized carbons (Fsp3) is 0.333. The van der Waals surface area contributed by atoms with E-state index >= 15 is 0 Å². The second-order valence-electron chi connectivity index (χ2n) is 8.40. The number of hydrogen-bond donors (Lipinski definition) is 5. The number of aliphatic hydroxyl groups is 2. The Bertz CT molecular complexity index is 1280. The second-order valence-corrected chi connectivity index (χ2v) is 8.40. The van der Waals surface area contributed by atoms with Crippen molar-refractivity contribution in [3.63, 3.8) is 0 Å². The molecule has 5 N–H and O–H groups in total. The SMILES string of the molecule is CC(=O)O[C@H]1[C@H](O)[C@H](O)[C@@H](Oc2c(-c3ccc(O)cc3)oc3cc(O)cc(O)c3c2=O)C[C@@H]1C. The zero-order chi connectivity index (χ0) is 24.7. The number of hydrogen-bond acceptors (Lipinski definition) is 10. The molecule has 34 heavy (non-hydrogen) atoms. The molecule has 0 saturated heterocycles. The van der Waals surface area contributed by atoms with E-state index in [4.69, 9.17) is 13.9 Å². The summed E-state index contributed by atoms with van der Waals surface area (Å²) in [4.78, 5) is 24.8. The van der Waals surface area contributed by atoms with Crippen LogP contribution >= 0.6 is 0 Å². The lowest BCUT2D eigenvalue weighted by Crippen LogP contribution is -2.56. The average Bonchev–Trinajstić information content (AvgIpc) is 2.76. The molecule has 0 amide bonds. The van der Waals surface area contributed by atoms with E-state index in [1.165, 1.54) is 31.2 Å². The summed E-state index contributed by atoms with van der Waals surface area (Å²) >= 11 is 0. The van der Waals surface area contributed by atoms with Crippen LogP contribution in [0.5, 0.6) is 23.0 Å². The van der Waals surface area contributed by atoms with Gasteiger partial charge in [-0.05, 0) is 36.6 Å². The maximum atomic E-state index is 13.4. The van der Waals surface area contributed by atoms with Crippen LogP contribution in [0.15, 0.2) is 45.6 Å². The summed E-state index contributed by atoms with van der Waals surface area (Å²) in [5.74, 6) is -2.31. The van der Waals surface area contributed by atoms with Gasteiger partial charge >= 0.3 is 5.97 Å². The van der Waals surface area contributed by atoms with Gasteiger partial charge in [-0.15, -0.1) is 0 Å². The predicted octanol–water partition coefficient (Wildman–Crippen LogP) is 2.02. The van der Waals surface area contributed by atoms with Crippen molar-refractivity contribution in [1.29, 1.82) is 0 Å². The van der Waals surface area contributed by atoms with Crippen LogP contribution in [-0.4, -0.2) is 55.9 Å². The number of esters is 1. The van der Waals surface area contributed by atoms with Crippen molar-refractivity contribution in [2.24, 2.45) is 5.92 Å². The van der Waals surface area contributed by atoms with Crippen LogP contribution in [0, 0.1) is 5.92 Å². The minimum Gasteiger partial charge on any atom is -0.508 e. The summed E-state index contributed by atoms with van der Waals surface area (Å²) in [5, 5.41) is 50.7. The first-order valence-electron chi connectivity index (χ1n) is 10.6. The molecule has 1 fully saturated rings. The molecule has 1 saturated carbocycles. The minimum atomic E-state index is -1.50. The van der Waals surface area contributed by atoms with Gasteiger partial charge < -0.3 is 39.4 Å². The van der Waals surface area contributed by atoms with Gasteiger partial charge in [0.1, 0.15) is 52.6 Å². The summed E-state index contributed by atoms with van der Waals surface area (Å²) in [5.41, 5.74) is -0.532. The fourth-order valence-electron chi connectivity index (χ4n) is 4.22. The monoisotopic (exact) mass is 472 g/mol. The Balaban J connectivity index is 1.82. The van der Waals surface area contributed by atoms with Crippen LogP contribution in [0.1, 0.15) is 20.3 Å².